The number of ether oxygens (including phenoxy) is 1. The predicted molar refractivity (Wildman–Crippen MR) is 75.3 cm³/mol. The van der Waals surface area contributed by atoms with Crippen molar-refractivity contribution >= 4 is 5.91 Å². The number of H-pyrrole nitrogens is 1. The lowest BCUT2D eigenvalue weighted by Crippen LogP contribution is -2.45. The molecule has 8 heteroatoms. The Kier molecular flexibility index (Phi) is 4.29. The monoisotopic (exact) mass is 304 g/mol. The lowest BCUT2D eigenvalue weighted by molar-refractivity contribution is -0.0256. The van der Waals surface area contributed by atoms with Gasteiger partial charge in [0, 0.05) is 24.8 Å². The third-order valence-corrected chi connectivity index (χ3v) is 3.53. The van der Waals surface area contributed by atoms with E-state index in [4.69, 9.17) is 9.15 Å². The van der Waals surface area contributed by atoms with Gasteiger partial charge in [0.1, 0.15) is 0 Å². The normalized spacial score (nSPS) is 18.4. The van der Waals surface area contributed by atoms with Gasteiger partial charge in [-0.3, -0.25) is 9.59 Å². The molecule has 0 aliphatic carbocycles. The van der Waals surface area contributed by atoms with Gasteiger partial charge in [0.25, 0.3) is 11.5 Å². The maximum atomic E-state index is 12.2. The van der Waals surface area contributed by atoms with Crippen LogP contribution in [0.3, 0.4) is 0 Å². The molecule has 0 saturated carbocycles. The number of carbonyl (C=O) groups excluding carboxylic acids is 1. The molecule has 1 N–H and O–H groups in total. The standard InChI is InChI=1S/C14H16N4O4/c19-13-5-10(16-8-17-13)1-2-11-7-18(3-4-21-11)14(20)12-6-15-9-22-12/h5-6,8-9,11H,1-4,7H2,(H,16,17,19). The third-order valence-electron chi connectivity index (χ3n) is 3.53. The Labute approximate surface area is 126 Å². The molecule has 2 aromatic rings. The zero-order valence-electron chi connectivity index (χ0n) is 11.9. The highest BCUT2D eigenvalue weighted by Crippen LogP contribution is 2.14. The van der Waals surface area contributed by atoms with Gasteiger partial charge in [0.2, 0.25) is 5.76 Å². The Balaban J connectivity index is 1.56. The van der Waals surface area contributed by atoms with Crippen molar-refractivity contribution in [1.29, 1.82) is 0 Å². The van der Waals surface area contributed by atoms with Crippen molar-refractivity contribution in [2.45, 2.75) is 18.9 Å². The lowest BCUT2D eigenvalue weighted by atomic mass is 10.1. The number of nitrogens with zero attached hydrogens (tertiary/aromatic N) is 3. The van der Waals surface area contributed by atoms with Crippen LogP contribution in [-0.4, -0.2) is 51.6 Å². The van der Waals surface area contributed by atoms with Crippen molar-refractivity contribution in [3.8, 4) is 0 Å². The minimum Gasteiger partial charge on any atom is -0.438 e. The highest BCUT2D eigenvalue weighted by molar-refractivity contribution is 5.91. The molecule has 1 atom stereocenters. The van der Waals surface area contributed by atoms with Crippen molar-refractivity contribution in [1.82, 2.24) is 19.9 Å². The van der Waals surface area contributed by atoms with E-state index in [1.54, 1.807) is 4.90 Å². The molecular formula is C14H16N4O4. The molecule has 3 heterocycles. The first-order valence-electron chi connectivity index (χ1n) is 7.05. The number of morpholine rings is 1. The Morgan fingerprint density at radius 3 is 3.18 bits per heavy atom. The molecule has 1 aliphatic heterocycles. The van der Waals surface area contributed by atoms with Crippen LogP contribution in [0.4, 0.5) is 0 Å². The molecule has 1 saturated heterocycles. The van der Waals surface area contributed by atoms with E-state index in [1.807, 2.05) is 0 Å². The molecule has 2 aromatic heterocycles. The molecule has 1 amide bonds. The fourth-order valence-electron chi connectivity index (χ4n) is 2.41. The second-order valence-corrected chi connectivity index (χ2v) is 5.05. The van der Waals surface area contributed by atoms with Gasteiger partial charge in [-0.2, -0.15) is 0 Å². The molecule has 1 unspecified atom stereocenters. The first kappa shape index (κ1) is 14.5. The summed E-state index contributed by atoms with van der Waals surface area (Å²) in [4.78, 5) is 35.5. The summed E-state index contributed by atoms with van der Waals surface area (Å²) in [6, 6.07) is 1.47. The van der Waals surface area contributed by atoms with Gasteiger partial charge in [0.15, 0.2) is 6.39 Å². The molecule has 116 valence electrons. The summed E-state index contributed by atoms with van der Waals surface area (Å²) in [5.74, 6) is 0.0528. The van der Waals surface area contributed by atoms with Crippen molar-refractivity contribution in [2.75, 3.05) is 19.7 Å². The summed E-state index contributed by atoms with van der Waals surface area (Å²) in [6.07, 6.45) is 5.27. The minimum absolute atomic E-state index is 0.0818. The first-order chi connectivity index (χ1) is 10.7. The van der Waals surface area contributed by atoms with Crippen LogP contribution in [0.2, 0.25) is 0 Å². The predicted octanol–water partition coefficient (Wildman–Crippen LogP) is 0.232. The van der Waals surface area contributed by atoms with Gasteiger partial charge in [0.05, 0.1) is 25.2 Å². The highest BCUT2D eigenvalue weighted by Gasteiger charge is 2.26. The van der Waals surface area contributed by atoms with E-state index < -0.39 is 0 Å². The summed E-state index contributed by atoms with van der Waals surface area (Å²) in [6.45, 7) is 1.50. The molecule has 0 bridgehead atoms. The number of aryl methyl sites for hydroxylation is 1. The average molecular weight is 304 g/mol. The smallest absolute Gasteiger partial charge is 0.291 e. The van der Waals surface area contributed by atoms with Crippen molar-refractivity contribution in [2.24, 2.45) is 0 Å². The first-order valence-corrected chi connectivity index (χ1v) is 7.05. The van der Waals surface area contributed by atoms with E-state index >= 15 is 0 Å². The Hall–Kier alpha value is -2.48. The minimum atomic E-state index is -0.180. The average Bonchev–Trinajstić information content (AvgIpc) is 3.07. The van der Waals surface area contributed by atoms with Gasteiger partial charge in [-0.1, -0.05) is 0 Å². The molecule has 8 nitrogen and oxygen atoms in total. The van der Waals surface area contributed by atoms with Gasteiger partial charge in [-0.15, -0.1) is 0 Å². The van der Waals surface area contributed by atoms with E-state index in [0.717, 1.165) is 0 Å². The largest absolute Gasteiger partial charge is 0.438 e. The van der Waals surface area contributed by atoms with E-state index in [9.17, 15) is 9.59 Å². The topological polar surface area (TPSA) is 101 Å². The number of hydrogen-bond donors (Lipinski definition) is 1. The quantitative estimate of drug-likeness (QED) is 0.867. The van der Waals surface area contributed by atoms with Crippen LogP contribution in [0.25, 0.3) is 0 Å². The number of aromatic amines is 1. The third kappa shape index (κ3) is 3.40. The van der Waals surface area contributed by atoms with Crippen LogP contribution in [0.1, 0.15) is 22.7 Å². The molecule has 0 spiro atoms. The molecule has 3 rings (SSSR count). The molecular weight excluding hydrogens is 288 g/mol. The zero-order chi connectivity index (χ0) is 15.4. The second-order valence-electron chi connectivity index (χ2n) is 5.05. The van der Waals surface area contributed by atoms with Gasteiger partial charge in [-0.05, 0) is 12.8 Å². The molecule has 1 aliphatic rings. The van der Waals surface area contributed by atoms with Gasteiger partial charge in [-0.25, -0.2) is 9.97 Å². The summed E-state index contributed by atoms with van der Waals surface area (Å²) in [5.41, 5.74) is 0.544. The van der Waals surface area contributed by atoms with Crippen molar-refractivity contribution in [3.63, 3.8) is 0 Å². The SMILES string of the molecule is O=C(c1cnco1)N1CCOC(CCc2cc(=O)[nH]cn2)C1. The van der Waals surface area contributed by atoms with Gasteiger partial charge >= 0.3 is 0 Å². The molecule has 0 aromatic carbocycles. The maximum absolute atomic E-state index is 12.2. The van der Waals surface area contributed by atoms with E-state index in [-0.39, 0.29) is 23.3 Å². The Bertz CT molecular complexity index is 682. The van der Waals surface area contributed by atoms with Crippen LogP contribution in [-0.2, 0) is 11.2 Å². The van der Waals surface area contributed by atoms with E-state index in [0.29, 0.717) is 38.2 Å². The van der Waals surface area contributed by atoms with Crippen molar-refractivity contribution in [3.05, 3.63) is 46.8 Å². The summed E-state index contributed by atoms with van der Waals surface area (Å²) < 4.78 is 10.7. The number of hydrogen-bond acceptors (Lipinski definition) is 6. The van der Waals surface area contributed by atoms with Crippen LogP contribution in [0, 0.1) is 0 Å². The fraction of sp³-hybridized carbons (Fsp3) is 0.429. The highest BCUT2D eigenvalue weighted by atomic mass is 16.5. The molecule has 22 heavy (non-hydrogen) atoms. The summed E-state index contributed by atoms with van der Waals surface area (Å²) >= 11 is 0. The second kappa shape index (κ2) is 6.52. The Morgan fingerprint density at radius 2 is 2.41 bits per heavy atom. The van der Waals surface area contributed by atoms with Crippen LogP contribution in [0.5, 0.6) is 0 Å². The van der Waals surface area contributed by atoms with Crippen LogP contribution < -0.4 is 5.56 Å². The zero-order valence-corrected chi connectivity index (χ0v) is 11.9. The number of nitrogens with one attached hydrogen (secondary N) is 1. The van der Waals surface area contributed by atoms with Gasteiger partial charge < -0.3 is 19.0 Å². The summed E-state index contributed by atoms with van der Waals surface area (Å²) in [7, 11) is 0. The number of rotatable bonds is 4. The van der Waals surface area contributed by atoms with Crippen LogP contribution >= 0.6 is 0 Å². The van der Waals surface area contributed by atoms with Crippen molar-refractivity contribution < 1.29 is 13.9 Å². The number of carbonyl (C=O) groups is 1. The maximum Gasteiger partial charge on any atom is 0.291 e. The van der Waals surface area contributed by atoms with Crippen LogP contribution in [0.15, 0.2) is 34.2 Å². The number of aromatic nitrogens is 3. The van der Waals surface area contributed by atoms with E-state index in [2.05, 4.69) is 15.0 Å². The fourth-order valence-corrected chi connectivity index (χ4v) is 2.41. The van der Waals surface area contributed by atoms with E-state index in [1.165, 1.54) is 25.0 Å². The number of amides is 1. The molecule has 1 fully saturated rings. The lowest BCUT2D eigenvalue weighted by Gasteiger charge is -2.32. The number of oxazole rings is 1. The Morgan fingerprint density at radius 1 is 1.50 bits per heavy atom. The molecule has 0 radical (unpaired) electrons. The summed E-state index contributed by atoms with van der Waals surface area (Å²) in [5, 5.41) is 0.